The SMILES string of the molecule is Cc1ccc2nc(Sc3ccc(Cl)c(C(=O)O)n3)[nH]c2c1. The molecule has 21 heavy (non-hydrogen) atoms. The third-order valence-electron chi connectivity index (χ3n) is 2.84. The van der Waals surface area contributed by atoms with Crippen LogP contribution in [0.25, 0.3) is 11.0 Å². The molecule has 0 aliphatic rings. The van der Waals surface area contributed by atoms with Crippen molar-refractivity contribution in [1.82, 2.24) is 15.0 Å². The number of aromatic nitrogens is 3. The third-order valence-corrected chi connectivity index (χ3v) is 3.97. The number of hydrogen-bond acceptors (Lipinski definition) is 4. The highest BCUT2D eigenvalue weighted by molar-refractivity contribution is 7.99. The lowest BCUT2D eigenvalue weighted by Gasteiger charge is -2.01. The van der Waals surface area contributed by atoms with E-state index in [4.69, 9.17) is 16.7 Å². The number of aromatic amines is 1. The van der Waals surface area contributed by atoms with Gasteiger partial charge in [0.05, 0.1) is 16.1 Å². The molecule has 0 unspecified atom stereocenters. The number of nitrogens with zero attached hydrogens (tertiary/aromatic N) is 2. The van der Waals surface area contributed by atoms with Crippen LogP contribution in [-0.2, 0) is 0 Å². The van der Waals surface area contributed by atoms with Crippen molar-refractivity contribution >= 4 is 40.4 Å². The molecule has 0 spiro atoms. The number of fused-ring (bicyclic) bond motifs is 1. The Hall–Kier alpha value is -2.05. The Bertz CT molecular complexity index is 847. The van der Waals surface area contributed by atoms with Gasteiger partial charge in [0.15, 0.2) is 10.9 Å². The van der Waals surface area contributed by atoms with Gasteiger partial charge in [-0.3, -0.25) is 0 Å². The molecule has 0 amide bonds. The second-order valence-corrected chi connectivity index (χ2v) is 5.87. The second kappa shape index (κ2) is 5.38. The van der Waals surface area contributed by atoms with Gasteiger partial charge in [-0.1, -0.05) is 17.7 Å². The van der Waals surface area contributed by atoms with Crippen LogP contribution in [0.5, 0.6) is 0 Å². The van der Waals surface area contributed by atoms with Crippen molar-refractivity contribution in [3.8, 4) is 0 Å². The van der Waals surface area contributed by atoms with Gasteiger partial charge in [-0.15, -0.1) is 0 Å². The first-order valence-corrected chi connectivity index (χ1v) is 7.26. The van der Waals surface area contributed by atoms with Crippen LogP contribution in [0.15, 0.2) is 40.5 Å². The van der Waals surface area contributed by atoms with Crippen molar-refractivity contribution in [2.45, 2.75) is 17.1 Å². The number of pyridine rings is 1. The summed E-state index contributed by atoms with van der Waals surface area (Å²) in [6.45, 7) is 2.01. The monoisotopic (exact) mass is 319 g/mol. The molecule has 1 aromatic carbocycles. The summed E-state index contributed by atoms with van der Waals surface area (Å²) in [6, 6.07) is 9.11. The fourth-order valence-corrected chi connectivity index (χ4v) is 2.84. The molecule has 2 N–H and O–H groups in total. The quantitative estimate of drug-likeness (QED) is 0.768. The van der Waals surface area contributed by atoms with Crippen LogP contribution in [0.2, 0.25) is 5.02 Å². The Balaban J connectivity index is 1.94. The van der Waals surface area contributed by atoms with Gasteiger partial charge < -0.3 is 10.1 Å². The summed E-state index contributed by atoms with van der Waals surface area (Å²) >= 11 is 7.06. The number of carbonyl (C=O) groups is 1. The van der Waals surface area contributed by atoms with Crippen molar-refractivity contribution in [2.75, 3.05) is 0 Å². The lowest BCUT2D eigenvalue weighted by molar-refractivity contribution is 0.0690. The number of H-pyrrole nitrogens is 1. The normalized spacial score (nSPS) is 11.0. The maximum atomic E-state index is 11.0. The predicted molar refractivity (Wildman–Crippen MR) is 81.2 cm³/mol. The average molecular weight is 320 g/mol. The zero-order chi connectivity index (χ0) is 15.0. The first-order valence-electron chi connectivity index (χ1n) is 6.07. The van der Waals surface area contributed by atoms with E-state index in [0.717, 1.165) is 16.6 Å². The number of halogens is 1. The van der Waals surface area contributed by atoms with Gasteiger partial charge in [-0.05, 0) is 48.5 Å². The summed E-state index contributed by atoms with van der Waals surface area (Å²) in [7, 11) is 0. The van der Waals surface area contributed by atoms with Crippen molar-refractivity contribution in [2.24, 2.45) is 0 Å². The fraction of sp³-hybridized carbons (Fsp3) is 0.0714. The Kier molecular flexibility index (Phi) is 3.57. The van der Waals surface area contributed by atoms with E-state index < -0.39 is 5.97 Å². The number of imidazole rings is 1. The maximum Gasteiger partial charge on any atom is 0.356 e. The summed E-state index contributed by atoms with van der Waals surface area (Å²) in [4.78, 5) is 22.7. The van der Waals surface area contributed by atoms with Gasteiger partial charge in [-0.25, -0.2) is 14.8 Å². The molecule has 2 heterocycles. The summed E-state index contributed by atoms with van der Waals surface area (Å²) in [5, 5.41) is 10.3. The number of nitrogens with one attached hydrogen (secondary N) is 1. The average Bonchev–Trinajstić information content (AvgIpc) is 2.82. The Morgan fingerprint density at radius 1 is 1.29 bits per heavy atom. The number of rotatable bonds is 3. The summed E-state index contributed by atoms with van der Waals surface area (Å²) in [6.07, 6.45) is 0. The molecule has 0 saturated heterocycles. The van der Waals surface area contributed by atoms with Crippen LogP contribution in [0.4, 0.5) is 0 Å². The van der Waals surface area contributed by atoms with Crippen molar-refractivity contribution < 1.29 is 9.90 Å². The molecule has 106 valence electrons. The van der Waals surface area contributed by atoms with E-state index in [1.807, 2.05) is 25.1 Å². The van der Waals surface area contributed by atoms with Gasteiger partial charge >= 0.3 is 5.97 Å². The van der Waals surface area contributed by atoms with Crippen molar-refractivity contribution in [1.29, 1.82) is 0 Å². The summed E-state index contributed by atoms with van der Waals surface area (Å²) in [5.74, 6) is -1.15. The van der Waals surface area contributed by atoms with Crippen LogP contribution in [-0.4, -0.2) is 26.0 Å². The molecule has 0 bridgehead atoms. The van der Waals surface area contributed by atoms with Crippen LogP contribution in [0.3, 0.4) is 0 Å². The van der Waals surface area contributed by atoms with Gasteiger partial charge in [0.2, 0.25) is 0 Å². The standard InChI is InChI=1S/C14H10ClN3O2S/c1-7-2-4-9-10(6-7)17-14(16-9)21-11-5-3-8(15)12(18-11)13(19)20/h2-6H,1H3,(H,16,17)(H,19,20). The Labute approximate surface area is 129 Å². The summed E-state index contributed by atoms with van der Waals surface area (Å²) < 4.78 is 0. The third kappa shape index (κ3) is 2.86. The minimum atomic E-state index is -1.15. The first-order chi connectivity index (χ1) is 10.0. The molecule has 0 fully saturated rings. The number of hydrogen-bond donors (Lipinski definition) is 2. The van der Waals surface area contributed by atoms with E-state index in [0.29, 0.717) is 10.2 Å². The van der Waals surface area contributed by atoms with E-state index >= 15 is 0 Å². The van der Waals surface area contributed by atoms with Crippen LogP contribution in [0, 0.1) is 6.92 Å². The number of carboxylic acid groups (broad SMARTS) is 1. The highest BCUT2D eigenvalue weighted by atomic mass is 35.5. The van der Waals surface area contributed by atoms with Gasteiger partial charge in [-0.2, -0.15) is 0 Å². The Morgan fingerprint density at radius 2 is 2.10 bits per heavy atom. The van der Waals surface area contributed by atoms with E-state index in [-0.39, 0.29) is 10.7 Å². The van der Waals surface area contributed by atoms with Crippen LogP contribution < -0.4 is 0 Å². The lowest BCUT2D eigenvalue weighted by atomic mass is 10.2. The lowest BCUT2D eigenvalue weighted by Crippen LogP contribution is -2.01. The molecule has 5 nitrogen and oxygen atoms in total. The smallest absolute Gasteiger partial charge is 0.356 e. The molecule has 7 heteroatoms. The maximum absolute atomic E-state index is 11.0. The Morgan fingerprint density at radius 3 is 2.86 bits per heavy atom. The largest absolute Gasteiger partial charge is 0.476 e. The van der Waals surface area contributed by atoms with Crippen molar-refractivity contribution in [3.63, 3.8) is 0 Å². The molecular weight excluding hydrogens is 310 g/mol. The molecule has 0 saturated carbocycles. The van der Waals surface area contributed by atoms with E-state index in [1.54, 1.807) is 6.07 Å². The zero-order valence-corrected chi connectivity index (χ0v) is 12.5. The van der Waals surface area contributed by atoms with E-state index in [9.17, 15) is 4.79 Å². The highest BCUT2D eigenvalue weighted by Crippen LogP contribution is 2.28. The topological polar surface area (TPSA) is 78.9 Å². The van der Waals surface area contributed by atoms with Gasteiger partial charge in [0.25, 0.3) is 0 Å². The van der Waals surface area contributed by atoms with E-state index in [1.165, 1.54) is 17.8 Å². The number of carboxylic acids is 1. The molecule has 3 rings (SSSR count). The molecule has 0 atom stereocenters. The van der Waals surface area contributed by atoms with Gasteiger partial charge in [0.1, 0.15) is 5.03 Å². The minimum Gasteiger partial charge on any atom is -0.476 e. The molecule has 0 radical (unpaired) electrons. The zero-order valence-electron chi connectivity index (χ0n) is 10.9. The van der Waals surface area contributed by atoms with Gasteiger partial charge in [0, 0.05) is 0 Å². The molecule has 3 aromatic rings. The number of aromatic carboxylic acids is 1. The summed E-state index contributed by atoms with van der Waals surface area (Å²) in [5.41, 5.74) is 2.77. The minimum absolute atomic E-state index is 0.118. The number of aryl methyl sites for hydroxylation is 1. The van der Waals surface area contributed by atoms with Crippen molar-refractivity contribution in [3.05, 3.63) is 46.6 Å². The van der Waals surface area contributed by atoms with E-state index in [2.05, 4.69) is 15.0 Å². The fourth-order valence-electron chi connectivity index (χ4n) is 1.88. The first kappa shape index (κ1) is 13.9. The molecule has 0 aliphatic heterocycles. The molecular formula is C14H10ClN3O2S. The second-order valence-electron chi connectivity index (χ2n) is 4.45. The number of benzene rings is 1. The molecule has 0 aliphatic carbocycles. The van der Waals surface area contributed by atoms with Crippen LogP contribution >= 0.6 is 23.4 Å². The van der Waals surface area contributed by atoms with Crippen LogP contribution in [0.1, 0.15) is 16.1 Å². The highest BCUT2D eigenvalue weighted by Gasteiger charge is 2.13. The predicted octanol–water partition coefficient (Wildman–Crippen LogP) is 3.77. The molecule has 2 aromatic heterocycles.